The highest BCUT2D eigenvalue weighted by Crippen LogP contribution is 2.32. The molecule has 2 rings (SSSR count). The maximum atomic E-state index is 11.8. The van der Waals surface area contributed by atoms with Gasteiger partial charge in [0, 0.05) is 25.4 Å². The molecule has 1 saturated heterocycles. The minimum absolute atomic E-state index is 0.0474. The number of aliphatic carboxylic acids is 1. The minimum Gasteiger partial charge on any atom is -0.481 e. The standard InChI is InChI=1S/C16H24O5/c17-14-8-7-12(11-15(18)19)13(14)5-1-3-9-20-16-6-2-4-10-21-16/h1,5,12-13,16H,2-4,6-11H2,(H,18,19)/b5-1-/t12-,13+,16?/m1/s1. The van der Waals surface area contributed by atoms with Gasteiger partial charge in [0.15, 0.2) is 6.29 Å². The Morgan fingerprint density at radius 1 is 1.38 bits per heavy atom. The fraction of sp³-hybridized carbons (Fsp3) is 0.750. The molecule has 0 spiro atoms. The lowest BCUT2D eigenvalue weighted by Gasteiger charge is -2.22. The van der Waals surface area contributed by atoms with Gasteiger partial charge in [0.1, 0.15) is 5.78 Å². The Labute approximate surface area is 125 Å². The number of Topliss-reactive ketones (excluding diaryl/α,β-unsaturated/α-hetero) is 1. The fourth-order valence-corrected chi connectivity index (χ4v) is 3.01. The molecule has 21 heavy (non-hydrogen) atoms. The monoisotopic (exact) mass is 296 g/mol. The van der Waals surface area contributed by atoms with Crippen molar-refractivity contribution in [3.63, 3.8) is 0 Å². The van der Waals surface area contributed by atoms with E-state index in [0.717, 1.165) is 32.3 Å². The number of carbonyl (C=O) groups excluding carboxylic acids is 1. The number of ether oxygens (including phenoxy) is 2. The molecule has 0 aromatic carbocycles. The first kappa shape index (κ1) is 16.2. The van der Waals surface area contributed by atoms with Crippen molar-refractivity contribution < 1.29 is 24.2 Å². The van der Waals surface area contributed by atoms with Crippen molar-refractivity contribution >= 4 is 11.8 Å². The normalized spacial score (nSPS) is 30.1. The topological polar surface area (TPSA) is 72.8 Å². The zero-order valence-electron chi connectivity index (χ0n) is 12.3. The summed E-state index contributed by atoms with van der Waals surface area (Å²) in [6.45, 7) is 1.35. The van der Waals surface area contributed by atoms with Gasteiger partial charge >= 0.3 is 5.97 Å². The molecule has 1 N–H and O–H groups in total. The summed E-state index contributed by atoms with van der Waals surface area (Å²) in [5.41, 5.74) is 0. The number of carbonyl (C=O) groups is 2. The molecule has 3 atom stereocenters. The van der Waals surface area contributed by atoms with Gasteiger partial charge in [-0.25, -0.2) is 0 Å². The number of rotatable bonds is 7. The van der Waals surface area contributed by atoms with Gasteiger partial charge in [0.2, 0.25) is 0 Å². The summed E-state index contributed by atoms with van der Waals surface area (Å²) in [5, 5.41) is 8.86. The maximum Gasteiger partial charge on any atom is 0.303 e. The largest absolute Gasteiger partial charge is 0.481 e. The van der Waals surface area contributed by atoms with Gasteiger partial charge in [-0.05, 0) is 38.0 Å². The molecule has 1 heterocycles. The first-order chi connectivity index (χ1) is 10.2. The van der Waals surface area contributed by atoms with Gasteiger partial charge in [-0.15, -0.1) is 0 Å². The van der Waals surface area contributed by atoms with E-state index < -0.39 is 5.97 Å². The average molecular weight is 296 g/mol. The van der Waals surface area contributed by atoms with Crippen LogP contribution in [0.1, 0.15) is 44.9 Å². The van der Waals surface area contributed by atoms with Crippen molar-refractivity contribution in [2.75, 3.05) is 13.2 Å². The van der Waals surface area contributed by atoms with Crippen LogP contribution in [0.2, 0.25) is 0 Å². The van der Waals surface area contributed by atoms with Gasteiger partial charge in [0.05, 0.1) is 6.61 Å². The first-order valence-electron chi connectivity index (χ1n) is 7.81. The predicted octanol–water partition coefficient (Wildman–Crippen LogP) is 2.55. The SMILES string of the molecule is O=C(O)C[C@H]1CCC(=O)[C@H]1/C=C\CCOC1CCCCO1. The van der Waals surface area contributed by atoms with Crippen molar-refractivity contribution in [2.24, 2.45) is 11.8 Å². The molecule has 0 amide bonds. The molecule has 2 fully saturated rings. The quantitative estimate of drug-likeness (QED) is 0.577. The summed E-state index contributed by atoms with van der Waals surface area (Å²) >= 11 is 0. The van der Waals surface area contributed by atoms with Gasteiger partial charge < -0.3 is 14.6 Å². The van der Waals surface area contributed by atoms with Crippen LogP contribution in [0.3, 0.4) is 0 Å². The first-order valence-corrected chi connectivity index (χ1v) is 7.81. The zero-order valence-corrected chi connectivity index (χ0v) is 12.3. The average Bonchev–Trinajstić information content (AvgIpc) is 2.80. The summed E-state index contributed by atoms with van der Waals surface area (Å²) < 4.78 is 11.1. The summed E-state index contributed by atoms with van der Waals surface area (Å²) in [6, 6.07) is 0. The third-order valence-electron chi connectivity index (χ3n) is 4.15. The molecule has 1 unspecified atom stereocenters. The van der Waals surface area contributed by atoms with Crippen LogP contribution >= 0.6 is 0 Å². The van der Waals surface area contributed by atoms with Crippen LogP contribution in [0.5, 0.6) is 0 Å². The van der Waals surface area contributed by atoms with Gasteiger partial charge in [-0.1, -0.05) is 12.2 Å². The van der Waals surface area contributed by atoms with Gasteiger partial charge in [-0.2, -0.15) is 0 Å². The van der Waals surface area contributed by atoms with Gasteiger partial charge in [0.25, 0.3) is 0 Å². The second-order valence-electron chi connectivity index (χ2n) is 5.77. The molecule has 5 nitrogen and oxygen atoms in total. The summed E-state index contributed by atoms with van der Waals surface area (Å²) in [5.74, 6) is -0.944. The number of carboxylic acid groups (broad SMARTS) is 1. The van der Waals surface area contributed by atoms with Crippen LogP contribution in [-0.2, 0) is 19.1 Å². The zero-order chi connectivity index (χ0) is 15.1. The molecule has 1 aliphatic heterocycles. The minimum atomic E-state index is -0.828. The lowest BCUT2D eigenvalue weighted by atomic mass is 9.92. The van der Waals surface area contributed by atoms with Crippen molar-refractivity contribution in [2.45, 2.75) is 51.2 Å². The van der Waals surface area contributed by atoms with Crippen molar-refractivity contribution in [3.05, 3.63) is 12.2 Å². The van der Waals surface area contributed by atoms with Crippen LogP contribution < -0.4 is 0 Å². The molecule has 0 bridgehead atoms. The van der Waals surface area contributed by atoms with Crippen LogP contribution in [0.15, 0.2) is 12.2 Å². The number of carboxylic acids is 1. The second-order valence-corrected chi connectivity index (χ2v) is 5.77. The number of hydrogen-bond donors (Lipinski definition) is 1. The van der Waals surface area contributed by atoms with E-state index in [2.05, 4.69) is 0 Å². The van der Waals surface area contributed by atoms with E-state index in [1.807, 2.05) is 12.2 Å². The molecule has 1 aliphatic carbocycles. The Balaban J connectivity index is 1.69. The Morgan fingerprint density at radius 2 is 2.24 bits per heavy atom. The van der Waals surface area contributed by atoms with Crippen LogP contribution in [-0.4, -0.2) is 36.4 Å². The highest BCUT2D eigenvalue weighted by molar-refractivity contribution is 5.85. The number of hydrogen-bond acceptors (Lipinski definition) is 4. The smallest absolute Gasteiger partial charge is 0.303 e. The van der Waals surface area contributed by atoms with E-state index in [4.69, 9.17) is 14.6 Å². The van der Waals surface area contributed by atoms with E-state index in [0.29, 0.717) is 19.4 Å². The Kier molecular flexibility index (Phi) is 6.39. The van der Waals surface area contributed by atoms with E-state index in [1.165, 1.54) is 0 Å². The molecule has 0 radical (unpaired) electrons. The summed E-state index contributed by atoms with van der Waals surface area (Å²) in [4.78, 5) is 22.6. The molecule has 5 heteroatoms. The summed E-state index contributed by atoms with van der Waals surface area (Å²) in [7, 11) is 0. The Bertz CT molecular complexity index is 384. The highest BCUT2D eigenvalue weighted by atomic mass is 16.7. The Hall–Kier alpha value is -1.20. The van der Waals surface area contributed by atoms with E-state index in [1.54, 1.807) is 0 Å². The summed E-state index contributed by atoms with van der Waals surface area (Å²) in [6.07, 6.45) is 8.91. The maximum absolute atomic E-state index is 11.8. The Morgan fingerprint density at radius 3 is 2.95 bits per heavy atom. The third kappa shape index (κ3) is 5.25. The fourth-order valence-electron chi connectivity index (χ4n) is 3.01. The van der Waals surface area contributed by atoms with Gasteiger partial charge in [-0.3, -0.25) is 9.59 Å². The lowest BCUT2D eigenvalue weighted by molar-refractivity contribution is -0.161. The molecular formula is C16H24O5. The van der Waals surface area contributed by atoms with E-state index >= 15 is 0 Å². The second kappa shape index (κ2) is 8.29. The number of allylic oxidation sites excluding steroid dienone is 1. The number of ketones is 1. The molecule has 0 aromatic heterocycles. The highest BCUT2D eigenvalue weighted by Gasteiger charge is 2.33. The molecule has 0 aromatic rings. The third-order valence-corrected chi connectivity index (χ3v) is 4.15. The van der Waals surface area contributed by atoms with Crippen LogP contribution in [0.4, 0.5) is 0 Å². The van der Waals surface area contributed by atoms with Crippen LogP contribution in [0, 0.1) is 11.8 Å². The van der Waals surface area contributed by atoms with Crippen molar-refractivity contribution in [1.82, 2.24) is 0 Å². The molecule has 2 aliphatic rings. The predicted molar refractivity (Wildman–Crippen MR) is 76.8 cm³/mol. The molecular weight excluding hydrogens is 272 g/mol. The van der Waals surface area contributed by atoms with E-state index in [9.17, 15) is 9.59 Å². The van der Waals surface area contributed by atoms with Crippen molar-refractivity contribution in [1.29, 1.82) is 0 Å². The van der Waals surface area contributed by atoms with Crippen molar-refractivity contribution in [3.8, 4) is 0 Å². The van der Waals surface area contributed by atoms with Crippen LogP contribution in [0.25, 0.3) is 0 Å². The molecule has 118 valence electrons. The lowest BCUT2D eigenvalue weighted by Crippen LogP contribution is -2.22. The molecule has 1 saturated carbocycles. The van der Waals surface area contributed by atoms with E-state index in [-0.39, 0.29) is 30.3 Å².